The molecule has 0 saturated carbocycles. The first kappa shape index (κ1) is 9.48. The highest BCUT2D eigenvalue weighted by molar-refractivity contribution is 9.11. The summed E-state index contributed by atoms with van der Waals surface area (Å²) in [5.41, 5.74) is 0.878. The molecule has 0 spiro atoms. The second kappa shape index (κ2) is 4.42. The van der Waals surface area contributed by atoms with Gasteiger partial charge in [0.05, 0.1) is 7.11 Å². The van der Waals surface area contributed by atoms with Gasteiger partial charge in [-0.15, -0.1) is 11.3 Å². The quantitative estimate of drug-likeness (QED) is 0.751. The van der Waals surface area contributed by atoms with Crippen LogP contribution in [-0.4, -0.2) is 13.1 Å². The topological polar surface area (TPSA) is 26.3 Å². The van der Waals surface area contributed by atoms with Crippen LogP contribution in [0.25, 0.3) is 6.08 Å². The summed E-state index contributed by atoms with van der Waals surface area (Å²) in [6, 6.07) is 1.87. The van der Waals surface area contributed by atoms with Gasteiger partial charge in [0.1, 0.15) is 4.88 Å². The van der Waals surface area contributed by atoms with Crippen molar-refractivity contribution in [3.63, 3.8) is 0 Å². The Balaban J connectivity index is 2.98. The lowest BCUT2D eigenvalue weighted by molar-refractivity contribution is 0.0606. The lowest BCUT2D eigenvalue weighted by Crippen LogP contribution is -1.99. The van der Waals surface area contributed by atoms with Crippen LogP contribution in [0.1, 0.15) is 15.2 Å². The normalized spacial score (nSPS) is 10.5. The molecule has 0 aromatic carbocycles. The largest absolute Gasteiger partial charge is 0.465 e. The molecule has 0 amide bonds. The molecule has 0 bridgehead atoms. The van der Waals surface area contributed by atoms with Crippen LogP contribution in [-0.2, 0) is 4.74 Å². The first-order valence-corrected chi connectivity index (χ1v) is 5.01. The predicted octanol–water partition coefficient (Wildman–Crippen LogP) is 2.90. The van der Waals surface area contributed by atoms with Gasteiger partial charge >= 0.3 is 5.97 Å². The van der Waals surface area contributed by atoms with E-state index < -0.39 is 0 Å². The second-order valence-corrected chi connectivity index (χ2v) is 3.43. The molecular formula is C8H7BrO2S. The monoisotopic (exact) mass is 246 g/mol. The summed E-state index contributed by atoms with van der Waals surface area (Å²) < 4.78 is 4.60. The summed E-state index contributed by atoms with van der Waals surface area (Å²) in [6.45, 7) is 0. The number of halogens is 1. The molecule has 1 rings (SSSR count). The molecule has 0 unspecified atom stereocenters. The number of ether oxygens (including phenoxy) is 1. The number of rotatable bonds is 2. The zero-order chi connectivity index (χ0) is 8.97. The minimum absolute atomic E-state index is 0.286. The fourth-order valence-electron chi connectivity index (χ4n) is 0.777. The van der Waals surface area contributed by atoms with Gasteiger partial charge in [0.15, 0.2) is 0 Å². The van der Waals surface area contributed by atoms with E-state index in [4.69, 9.17) is 0 Å². The first-order chi connectivity index (χ1) is 5.79. The van der Waals surface area contributed by atoms with Crippen molar-refractivity contribution in [2.24, 2.45) is 0 Å². The van der Waals surface area contributed by atoms with Gasteiger partial charge in [-0.05, 0) is 22.5 Å². The standard InChI is InChI=1S/C8H7BrO2S/c1-11-8(10)7-6(2-4-9)3-5-12-7/h2-5H,1H3/b4-2+. The molecular weight excluding hydrogens is 240 g/mol. The number of hydrogen-bond donors (Lipinski definition) is 0. The van der Waals surface area contributed by atoms with Crippen LogP contribution in [0.3, 0.4) is 0 Å². The van der Waals surface area contributed by atoms with Crippen LogP contribution in [0.5, 0.6) is 0 Å². The van der Waals surface area contributed by atoms with E-state index in [0.29, 0.717) is 4.88 Å². The van der Waals surface area contributed by atoms with E-state index in [9.17, 15) is 4.79 Å². The van der Waals surface area contributed by atoms with Gasteiger partial charge in [-0.3, -0.25) is 0 Å². The van der Waals surface area contributed by atoms with Gasteiger partial charge in [-0.2, -0.15) is 0 Å². The Bertz CT molecular complexity index is 304. The van der Waals surface area contributed by atoms with Crippen molar-refractivity contribution in [1.82, 2.24) is 0 Å². The summed E-state index contributed by atoms with van der Waals surface area (Å²) in [5.74, 6) is -0.286. The van der Waals surface area contributed by atoms with E-state index in [-0.39, 0.29) is 5.97 Å². The fraction of sp³-hybridized carbons (Fsp3) is 0.125. The van der Waals surface area contributed by atoms with E-state index in [1.807, 2.05) is 17.5 Å². The van der Waals surface area contributed by atoms with E-state index in [1.54, 1.807) is 4.99 Å². The van der Waals surface area contributed by atoms with Crippen molar-refractivity contribution in [3.8, 4) is 0 Å². The molecule has 0 aliphatic heterocycles. The molecule has 0 saturated heterocycles. The summed E-state index contributed by atoms with van der Waals surface area (Å²) >= 11 is 4.52. The van der Waals surface area contributed by atoms with Gasteiger partial charge in [0.2, 0.25) is 0 Å². The number of hydrogen-bond acceptors (Lipinski definition) is 3. The van der Waals surface area contributed by atoms with Crippen molar-refractivity contribution in [2.75, 3.05) is 7.11 Å². The Kier molecular flexibility index (Phi) is 3.49. The molecule has 1 aromatic heterocycles. The highest BCUT2D eigenvalue weighted by Crippen LogP contribution is 2.19. The van der Waals surface area contributed by atoms with Gasteiger partial charge in [0, 0.05) is 5.56 Å². The van der Waals surface area contributed by atoms with Crippen molar-refractivity contribution >= 4 is 39.3 Å². The van der Waals surface area contributed by atoms with Gasteiger partial charge < -0.3 is 4.74 Å². The highest BCUT2D eigenvalue weighted by atomic mass is 79.9. The Morgan fingerprint density at radius 3 is 3.08 bits per heavy atom. The van der Waals surface area contributed by atoms with Crippen LogP contribution in [0.15, 0.2) is 16.4 Å². The van der Waals surface area contributed by atoms with E-state index >= 15 is 0 Å². The second-order valence-electron chi connectivity index (χ2n) is 1.99. The minimum Gasteiger partial charge on any atom is -0.465 e. The molecule has 1 heterocycles. The van der Waals surface area contributed by atoms with Gasteiger partial charge in [-0.25, -0.2) is 4.79 Å². The molecule has 0 fully saturated rings. The average molecular weight is 247 g/mol. The SMILES string of the molecule is COC(=O)c1sccc1/C=C/Br. The number of carbonyl (C=O) groups is 1. The van der Waals surface area contributed by atoms with Crippen molar-refractivity contribution in [2.45, 2.75) is 0 Å². The highest BCUT2D eigenvalue weighted by Gasteiger charge is 2.10. The third kappa shape index (κ3) is 1.95. The molecule has 0 N–H and O–H groups in total. The van der Waals surface area contributed by atoms with E-state index in [0.717, 1.165) is 5.56 Å². The van der Waals surface area contributed by atoms with Crippen LogP contribution in [0, 0.1) is 0 Å². The van der Waals surface area contributed by atoms with Crippen LogP contribution < -0.4 is 0 Å². The molecule has 0 atom stereocenters. The Labute approximate surface area is 83.0 Å². The number of carbonyl (C=O) groups excluding carboxylic acids is 1. The lowest BCUT2D eigenvalue weighted by Gasteiger charge is -1.95. The van der Waals surface area contributed by atoms with Gasteiger partial charge in [-0.1, -0.05) is 15.9 Å². The lowest BCUT2D eigenvalue weighted by atomic mass is 10.2. The summed E-state index contributed by atoms with van der Waals surface area (Å²) in [6.07, 6.45) is 1.81. The van der Waals surface area contributed by atoms with Crippen molar-refractivity contribution < 1.29 is 9.53 Å². The molecule has 4 heteroatoms. The van der Waals surface area contributed by atoms with Gasteiger partial charge in [0.25, 0.3) is 0 Å². The maximum absolute atomic E-state index is 11.1. The summed E-state index contributed by atoms with van der Waals surface area (Å²) in [5, 5.41) is 1.86. The first-order valence-electron chi connectivity index (χ1n) is 3.22. The third-order valence-electron chi connectivity index (χ3n) is 1.31. The Morgan fingerprint density at radius 2 is 2.50 bits per heavy atom. The van der Waals surface area contributed by atoms with Crippen LogP contribution in [0.2, 0.25) is 0 Å². The van der Waals surface area contributed by atoms with Crippen LogP contribution in [0.4, 0.5) is 0 Å². The molecule has 2 nitrogen and oxygen atoms in total. The molecule has 12 heavy (non-hydrogen) atoms. The molecule has 1 aromatic rings. The molecule has 0 radical (unpaired) electrons. The molecule has 0 aliphatic carbocycles. The fourth-order valence-corrected chi connectivity index (χ4v) is 1.86. The number of methoxy groups -OCH3 is 1. The van der Waals surface area contributed by atoms with Crippen LogP contribution >= 0.6 is 27.3 Å². The predicted molar refractivity (Wildman–Crippen MR) is 53.6 cm³/mol. The average Bonchev–Trinajstić information content (AvgIpc) is 2.52. The minimum atomic E-state index is -0.286. The Morgan fingerprint density at radius 1 is 1.75 bits per heavy atom. The smallest absolute Gasteiger partial charge is 0.348 e. The summed E-state index contributed by atoms with van der Waals surface area (Å²) in [4.78, 5) is 13.5. The third-order valence-corrected chi connectivity index (χ3v) is 2.48. The van der Waals surface area contributed by atoms with E-state index in [1.165, 1.54) is 18.4 Å². The maximum atomic E-state index is 11.1. The Hall–Kier alpha value is -0.610. The zero-order valence-electron chi connectivity index (χ0n) is 6.41. The number of thiophene rings is 1. The zero-order valence-corrected chi connectivity index (χ0v) is 8.81. The van der Waals surface area contributed by atoms with Crippen molar-refractivity contribution in [1.29, 1.82) is 0 Å². The molecule has 0 aliphatic rings. The van der Waals surface area contributed by atoms with E-state index in [2.05, 4.69) is 20.7 Å². The van der Waals surface area contributed by atoms with Crippen molar-refractivity contribution in [3.05, 3.63) is 26.9 Å². The molecule has 64 valence electrons. The maximum Gasteiger partial charge on any atom is 0.348 e. The summed E-state index contributed by atoms with van der Waals surface area (Å²) in [7, 11) is 1.38. The number of esters is 1.